The Morgan fingerprint density at radius 3 is 2.58 bits per heavy atom. The van der Waals surface area contributed by atoms with Crippen LogP contribution in [0, 0.1) is 6.92 Å². The first-order chi connectivity index (χ1) is 12.6. The number of rotatable bonds is 3. The van der Waals surface area contributed by atoms with E-state index in [9.17, 15) is 9.59 Å². The molecule has 0 atom stereocenters. The van der Waals surface area contributed by atoms with Crippen molar-refractivity contribution >= 4 is 16.9 Å². The molecule has 0 aliphatic carbocycles. The number of benzene rings is 2. The Labute approximate surface area is 148 Å². The van der Waals surface area contributed by atoms with Gasteiger partial charge in [0.15, 0.2) is 5.69 Å². The maximum atomic E-state index is 12.6. The molecule has 0 radical (unpaired) electrons. The first-order valence-corrected chi connectivity index (χ1v) is 8.03. The van der Waals surface area contributed by atoms with E-state index in [0.29, 0.717) is 5.69 Å². The summed E-state index contributed by atoms with van der Waals surface area (Å²) in [5.74, 6) is -0.595. The molecule has 128 valence electrons. The van der Waals surface area contributed by atoms with Crippen molar-refractivity contribution in [3.05, 3.63) is 88.6 Å². The zero-order valence-corrected chi connectivity index (χ0v) is 14.0. The molecule has 1 N–H and O–H groups in total. The summed E-state index contributed by atoms with van der Waals surface area (Å²) in [6.07, 6.45) is 1.49. The standard InChI is InChI=1S/C19H15N5O2/c1-13-11-17(25)18(21-24(13)14-7-3-2-4-8-14)19(26)22-23-12-20-15-9-5-6-10-16(15)23/h2-12H,1H3,(H,22,26). The van der Waals surface area contributed by atoms with Gasteiger partial charge >= 0.3 is 0 Å². The molecule has 0 saturated carbocycles. The average Bonchev–Trinajstić information content (AvgIpc) is 3.05. The monoisotopic (exact) mass is 345 g/mol. The number of aryl methyl sites for hydroxylation is 1. The van der Waals surface area contributed by atoms with Crippen LogP contribution >= 0.6 is 0 Å². The van der Waals surface area contributed by atoms with Gasteiger partial charge < -0.3 is 0 Å². The van der Waals surface area contributed by atoms with Gasteiger partial charge in [-0.05, 0) is 31.2 Å². The lowest BCUT2D eigenvalue weighted by Crippen LogP contribution is -2.30. The molecule has 2 aromatic carbocycles. The summed E-state index contributed by atoms with van der Waals surface area (Å²) in [4.78, 5) is 29.1. The molecule has 0 spiro atoms. The summed E-state index contributed by atoms with van der Waals surface area (Å²) in [7, 11) is 0. The molecule has 0 saturated heterocycles. The molecule has 4 rings (SSSR count). The topological polar surface area (TPSA) is 81.8 Å². The predicted molar refractivity (Wildman–Crippen MR) is 98.0 cm³/mol. The van der Waals surface area contributed by atoms with Crippen LogP contribution < -0.4 is 10.9 Å². The quantitative estimate of drug-likeness (QED) is 0.617. The van der Waals surface area contributed by atoms with E-state index in [1.807, 2.05) is 54.6 Å². The highest BCUT2D eigenvalue weighted by molar-refractivity contribution is 5.99. The number of aromatic nitrogens is 4. The molecule has 7 nitrogen and oxygen atoms in total. The Balaban J connectivity index is 1.73. The second-order valence-electron chi connectivity index (χ2n) is 5.79. The van der Waals surface area contributed by atoms with E-state index >= 15 is 0 Å². The summed E-state index contributed by atoms with van der Waals surface area (Å²) < 4.78 is 3.05. The van der Waals surface area contributed by atoms with Crippen LogP contribution in [0.2, 0.25) is 0 Å². The zero-order valence-electron chi connectivity index (χ0n) is 14.0. The summed E-state index contributed by atoms with van der Waals surface area (Å²) in [5.41, 5.74) is 4.93. The van der Waals surface area contributed by atoms with Gasteiger partial charge in [-0.25, -0.2) is 14.3 Å². The fraction of sp³-hybridized carbons (Fsp3) is 0.0526. The number of nitrogens with zero attached hydrogens (tertiary/aromatic N) is 4. The van der Waals surface area contributed by atoms with Crippen LogP contribution in [0.4, 0.5) is 0 Å². The number of hydrogen-bond acceptors (Lipinski definition) is 4. The second-order valence-corrected chi connectivity index (χ2v) is 5.79. The highest BCUT2D eigenvalue weighted by Crippen LogP contribution is 2.11. The summed E-state index contributed by atoms with van der Waals surface area (Å²) >= 11 is 0. The molecule has 0 aliphatic rings. The van der Waals surface area contributed by atoms with E-state index in [-0.39, 0.29) is 5.69 Å². The Kier molecular flexibility index (Phi) is 3.81. The third kappa shape index (κ3) is 2.75. The number of imidazole rings is 1. The Hall–Kier alpha value is -3.74. The van der Waals surface area contributed by atoms with Crippen molar-refractivity contribution in [3.8, 4) is 5.69 Å². The van der Waals surface area contributed by atoms with Gasteiger partial charge in [-0.15, -0.1) is 0 Å². The number of carbonyl (C=O) groups excluding carboxylic acids is 1. The van der Waals surface area contributed by atoms with Gasteiger partial charge in [0.1, 0.15) is 6.33 Å². The highest BCUT2D eigenvalue weighted by atomic mass is 16.2. The number of hydrogen-bond donors (Lipinski definition) is 1. The summed E-state index contributed by atoms with van der Waals surface area (Å²) in [5, 5.41) is 4.26. The van der Waals surface area contributed by atoms with Gasteiger partial charge in [-0.3, -0.25) is 15.0 Å². The van der Waals surface area contributed by atoms with Crippen LogP contribution in [0.3, 0.4) is 0 Å². The zero-order chi connectivity index (χ0) is 18.1. The first-order valence-electron chi connectivity index (χ1n) is 8.03. The van der Waals surface area contributed by atoms with E-state index in [1.165, 1.54) is 17.1 Å². The van der Waals surface area contributed by atoms with Crippen molar-refractivity contribution in [3.63, 3.8) is 0 Å². The molecular formula is C19H15N5O2. The number of carbonyl (C=O) groups is 1. The number of fused-ring (bicyclic) bond motifs is 1. The van der Waals surface area contributed by atoms with Crippen molar-refractivity contribution < 1.29 is 4.79 Å². The Bertz CT molecular complexity index is 1160. The van der Waals surface area contributed by atoms with E-state index in [1.54, 1.807) is 11.6 Å². The smallest absolute Gasteiger partial charge is 0.287 e. The lowest BCUT2D eigenvalue weighted by Gasteiger charge is -2.11. The Morgan fingerprint density at radius 1 is 1.04 bits per heavy atom. The van der Waals surface area contributed by atoms with Crippen LogP contribution in [0.15, 0.2) is 71.8 Å². The van der Waals surface area contributed by atoms with Gasteiger partial charge in [0, 0.05) is 11.8 Å². The molecule has 0 unspecified atom stereocenters. The minimum atomic E-state index is -0.595. The lowest BCUT2D eigenvalue weighted by molar-refractivity contribution is 0.100. The normalized spacial score (nSPS) is 10.8. The third-order valence-electron chi connectivity index (χ3n) is 4.00. The van der Waals surface area contributed by atoms with Crippen molar-refractivity contribution in [1.82, 2.24) is 19.4 Å². The Morgan fingerprint density at radius 2 is 1.77 bits per heavy atom. The van der Waals surface area contributed by atoms with Crippen LogP contribution in [-0.4, -0.2) is 25.3 Å². The minimum Gasteiger partial charge on any atom is -0.287 e. The lowest BCUT2D eigenvalue weighted by atomic mass is 10.3. The molecule has 4 aromatic rings. The highest BCUT2D eigenvalue weighted by Gasteiger charge is 2.16. The number of para-hydroxylation sites is 3. The first kappa shape index (κ1) is 15.8. The minimum absolute atomic E-state index is 0.183. The molecule has 7 heteroatoms. The maximum Gasteiger partial charge on any atom is 0.294 e. The summed E-state index contributed by atoms with van der Waals surface area (Å²) in [6, 6.07) is 18.1. The average molecular weight is 345 g/mol. The van der Waals surface area contributed by atoms with Crippen molar-refractivity contribution in [2.24, 2.45) is 0 Å². The second kappa shape index (κ2) is 6.29. The third-order valence-corrected chi connectivity index (χ3v) is 4.00. The molecule has 0 fully saturated rings. The van der Waals surface area contributed by atoms with Crippen LogP contribution in [0.25, 0.3) is 16.7 Å². The molecule has 2 heterocycles. The van der Waals surface area contributed by atoms with Crippen molar-refractivity contribution in [1.29, 1.82) is 0 Å². The fourth-order valence-electron chi connectivity index (χ4n) is 2.75. The largest absolute Gasteiger partial charge is 0.294 e. The summed E-state index contributed by atoms with van der Waals surface area (Å²) in [6.45, 7) is 1.77. The molecule has 2 aromatic heterocycles. The van der Waals surface area contributed by atoms with Crippen molar-refractivity contribution in [2.75, 3.05) is 5.43 Å². The van der Waals surface area contributed by atoms with Crippen LogP contribution in [0.1, 0.15) is 16.2 Å². The SMILES string of the molecule is Cc1cc(=O)c(C(=O)Nn2cnc3ccccc32)nn1-c1ccccc1. The van der Waals surface area contributed by atoms with E-state index in [2.05, 4.69) is 15.5 Å². The van der Waals surface area contributed by atoms with Crippen LogP contribution in [-0.2, 0) is 0 Å². The number of amides is 1. The van der Waals surface area contributed by atoms with E-state index in [0.717, 1.165) is 16.7 Å². The maximum absolute atomic E-state index is 12.6. The number of nitrogens with one attached hydrogen (secondary N) is 1. The molecule has 0 bridgehead atoms. The fourth-order valence-corrected chi connectivity index (χ4v) is 2.75. The van der Waals surface area contributed by atoms with Crippen LogP contribution in [0.5, 0.6) is 0 Å². The van der Waals surface area contributed by atoms with Gasteiger partial charge in [0.05, 0.1) is 16.7 Å². The molecular weight excluding hydrogens is 330 g/mol. The predicted octanol–water partition coefficient (Wildman–Crippen LogP) is 2.27. The van der Waals surface area contributed by atoms with Gasteiger partial charge in [-0.2, -0.15) is 5.10 Å². The van der Waals surface area contributed by atoms with E-state index in [4.69, 9.17) is 0 Å². The van der Waals surface area contributed by atoms with Crippen molar-refractivity contribution in [2.45, 2.75) is 6.92 Å². The van der Waals surface area contributed by atoms with E-state index < -0.39 is 11.3 Å². The van der Waals surface area contributed by atoms with Gasteiger partial charge in [0.25, 0.3) is 5.91 Å². The molecule has 0 aliphatic heterocycles. The molecule has 1 amide bonds. The van der Waals surface area contributed by atoms with Gasteiger partial charge in [0.2, 0.25) is 5.43 Å². The van der Waals surface area contributed by atoms with Gasteiger partial charge in [-0.1, -0.05) is 30.3 Å². The molecule has 26 heavy (non-hydrogen) atoms.